The van der Waals surface area contributed by atoms with E-state index in [2.05, 4.69) is 9.97 Å². The van der Waals surface area contributed by atoms with Crippen LogP contribution in [0.5, 0.6) is 0 Å². The van der Waals surface area contributed by atoms with Gasteiger partial charge in [-0.2, -0.15) is 11.8 Å². The lowest BCUT2D eigenvalue weighted by atomic mass is 10.3. The molecule has 1 amide bonds. The number of thioether (sulfide) groups is 1. The van der Waals surface area contributed by atoms with E-state index in [0.717, 1.165) is 17.4 Å². The fourth-order valence-electron chi connectivity index (χ4n) is 2.26. The Labute approximate surface area is 115 Å². The van der Waals surface area contributed by atoms with Gasteiger partial charge in [0.1, 0.15) is 5.82 Å². The van der Waals surface area contributed by atoms with Crippen molar-refractivity contribution in [3.8, 4) is 0 Å². The van der Waals surface area contributed by atoms with E-state index in [-0.39, 0.29) is 11.5 Å². The Hall–Kier alpha value is -1.30. The van der Waals surface area contributed by atoms with Crippen molar-refractivity contribution in [2.75, 3.05) is 11.5 Å². The quantitative estimate of drug-likeness (QED) is 0.895. The van der Waals surface area contributed by atoms with Crippen LogP contribution in [0.15, 0.2) is 4.79 Å². The summed E-state index contributed by atoms with van der Waals surface area (Å²) >= 11 is 1.71. The normalized spacial score (nSPS) is 17.6. The molecule has 0 bridgehead atoms. The van der Waals surface area contributed by atoms with Crippen LogP contribution >= 0.6 is 11.8 Å². The third-order valence-corrected chi connectivity index (χ3v) is 4.70. The first-order valence-electron chi connectivity index (χ1n) is 6.57. The summed E-state index contributed by atoms with van der Waals surface area (Å²) < 4.78 is 0. The Morgan fingerprint density at radius 1 is 1.47 bits per heavy atom. The molecule has 0 unspecified atom stereocenters. The Bertz CT molecular complexity index is 565. The summed E-state index contributed by atoms with van der Waals surface area (Å²) in [7, 11) is 0. The van der Waals surface area contributed by atoms with Crippen LogP contribution in [-0.4, -0.2) is 32.3 Å². The van der Waals surface area contributed by atoms with Crippen molar-refractivity contribution in [1.82, 2.24) is 14.9 Å². The topological polar surface area (TPSA) is 66.1 Å². The number of aromatic amines is 1. The SMILES string of the molecule is Cc1nc2c(c(=O)[nH]1)CN(C(=O)CSCC1CC1)C2. The minimum absolute atomic E-state index is 0.108. The number of hydrogen-bond acceptors (Lipinski definition) is 4. The van der Waals surface area contributed by atoms with Crippen LogP contribution in [0.2, 0.25) is 0 Å². The Morgan fingerprint density at radius 3 is 3.00 bits per heavy atom. The van der Waals surface area contributed by atoms with Crippen molar-refractivity contribution in [1.29, 1.82) is 0 Å². The molecule has 102 valence electrons. The third kappa shape index (κ3) is 2.83. The van der Waals surface area contributed by atoms with E-state index in [1.807, 2.05) is 0 Å². The van der Waals surface area contributed by atoms with Gasteiger partial charge in [0.25, 0.3) is 5.56 Å². The second-order valence-corrected chi connectivity index (χ2v) is 6.32. The molecule has 0 spiro atoms. The Morgan fingerprint density at radius 2 is 2.26 bits per heavy atom. The number of amides is 1. The number of aryl methyl sites for hydroxylation is 1. The highest BCUT2D eigenvalue weighted by molar-refractivity contribution is 7.99. The highest BCUT2D eigenvalue weighted by atomic mass is 32.2. The zero-order valence-electron chi connectivity index (χ0n) is 10.9. The Balaban J connectivity index is 1.60. The maximum atomic E-state index is 12.1. The molecule has 0 atom stereocenters. The van der Waals surface area contributed by atoms with Crippen molar-refractivity contribution in [3.63, 3.8) is 0 Å². The maximum Gasteiger partial charge on any atom is 0.256 e. The van der Waals surface area contributed by atoms with Crippen molar-refractivity contribution in [2.45, 2.75) is 32.9 Å². The predicted molar refractivity (Wildman–Crippen MR) is 73.9 cm³/mol. The number of carbonyl (C=O) groups is 1. The van der Waals surface area contributed by atoms with Gasteiger partial charge in [-0.3, -0.25) is 9.59 Å². The number of carbonyl (C=O) groups excluding carboxylic acids is 1. The first kappa shape index (κ1) is 12.7. The zero-order chi connectivity index (χ0) is 13.4. The molecule has 5 nitrogen and oxygen atoms in total. The lowest BCUT2D eigenvalue weighted by Gasteiger charge is -2.14. The first-order chi connectivity index (χ1) is 9.13. The molecular formula is C13H17N3O2S. The number of H-pyrrole nitrogens is 1. The number of hydrogen-bond donors (Lipinski definition) is 1. The van der Waals surface area contributed by atoms with Gasteiger partial charge in [-0.15, -0.1) is 0 Å². The number of aromatic nitrogens is 2. The minimum atomic E-state index is -0.108. The smallest absolute Gasteiger partial charge is 0.256 e. The van der Waals surface area contributed by atoms with Gasteiger partial charge in [0.15, 0.2) is 0 Å². The minimum Gasteiger partial charge on any atom is -0.331 e. The van der Waals surface area contributed by atoms with E-state index in [9.17, 15) is 9.59 Å². The Kier molecular flexibility index (Phi) is 3.35. The van der Waals surface area contributed by atoms with Crippen LogP contribution in [0.3, 0.4) is 0 Å². The van der Waals surface area contributed by atoms with Gasteiger partial charge in [0.2, 0.25) is 5.91 Å². The van der Waals surface area contributed by atoms with Gasteiger partial charge in [-0.05, 0) is 31.4 Å². The fraction of sp³-hybridized carbons (Fsp3) is 0.615. The molecule has 6 heteroatoms. The molecule has 1 saturated carbocycles. The molecular weight excluding hydrogens is 262 g/mol. The summed E-state index contributed by atoms with van der Waals surface area (Å²) in [6.45, 7) is 2.64. The molecule has 2 aliphatic rings. The molecule has 1 aromatic heterocycles. The fourth-order valence-corrected chi connectivity index (χ4v) is 3.40. The van der Waals surface area contributed by atoms with Crippen molar-refractivity contribution >= 4 is 17.7 Å². The highest BCUT2D eigenvalue weighted by Gasteiger charge is 2.27. The van der Waals surface area contributed by atoms with Crippen LogP contribution in [0, 0.1) is 12.8 Å². The molecule has 2 heterocycles. The van der Waals surface area contributed by atoms with Gasteiger partial charge >= 0.3 is 0 Å². The van der Waals surface area contributed by atoms with E-state index in [1.54, 1.807) is 23.6 Å². The maximum absolute atomic E-state index is 12.1. The highest BCUT2D eigenvalue weighted by Crippen LogP contribution is 2.32. The summed E-state index contributed by atoms with van der Waals surface area (Å²) in [5.74, 6) is 3.16. The van der Waals surface area contributed by atoms with E-state index in [0.29, 0.717) is 30.2 Å². The van der Waals surface area contributed by atoms with Crippen molar-refractivity contribution in [2.24, 2.45) is 5.92 Å². The van der Waals surface area contributed by atoms with Gasteiger partial charge in [-0.1, -0.05) is 0 Å². The van der Waals surface area contributed by atoms with Crippen LogP contribution in [0.25, 0.3) is 0 Å². The summed E-state index contributed by atoms with van der Waals surface area (Å²) in [6.07, 6.45) is 2.63. The summed E-state index contributed by atoms with van der Waals surface area (Å²) in [5.41, 5.74) is 1.29. The summed E-state index contributed by atoms with van der Waals surface area (Å²) in [6, 6.07) is 0. The third-order valence-electron chi connectivity index (χ3n) is 3.54. The lowest BCUT2D eigenvalue weighted by molar-refractivity contribution is -0.128. The average molecular weight is 279 g/mol. The van der Waals surface area contributed by atoms with Crippen LogP contribution in [0.4, 0.5) is 0 Å². The second-order valence-electron chi connectivity index (χ2n) is 5.28. The second kappa shape index (κ2) is 5.00. The monoisotopic (exact) mass is 279 g/mol. The van der Waals surface area contributed by atoms with E-state index in [1.165, 1.54) is 12.8 Å². The average Bonchev–Trinajstić information content (AvgIpc) is 3.06. The van der Waals surface area contributed by atoms with Gasteiger partial charge in [0, 0.05) is 0 Å². The number of rotatable bonds is 4. The molecule has 19 heavy (non-hydrogen) atoms. The van der Waals surface area contributed by atoms with E-state index in [4.69, 9.17) is 0 Å². The van der Waals surface area contributed by atoms with Crippen LogP contribution in [-0.2, 0) is 17.9 Å². The van der Waals surface area contributed by atoms with Crippen LogP contribution < -0.4 is 5.56 Å². The molecule has 0 aromatic carbocycles. The predicted octanol–water partition coefficient (Wildman–Crippen LogP) is 1.06. The zero-order valence-corrected chi connectivity index (χ0v) is 11.8. The molecule has 0 saturated heterocycles. The van der Waals surface area contributed by atoms with Crippen molar-refractivity contribution < 1.29 is 4.79 Å². The number of nitrogens with zero attached hydrogens (tertiary/aromatic N) is 2. The molecule has 1 aliphatic carbocycles. The van der Waals surface area contributed by atoms with Gasteiger partial charge in [0.05, 0.1) is 30.1 Å². The standard InChI is InChI=1S/C13H17N3O2S/c1-8-14-11-5-16(4-10(11)13(18)15-8)12(17)7-19-6-9-2-3-9/h9H,2-7H2,1H3,(H,14,15,18). The van der Waals surface area contributed by atoms with E-state index < -0.39 is 0 Å². The van der Waals surface area contributed by atoms with Gasteiger partial charge < -0.3 is 9.88 Å². The molecule has 1 aliphatic heterocycles. The molecule has 3 rings (SSSR count). The number of nitrogens with one attached hydrogen (secondary N) is 1. The largest absolute Gasteiger partial charge is 0.331 e. The summed E-state index contributed by atoms with van der Waals surface area (Å²) in [4.78, 5) is 32.6. The number of fused-ring (bicyclic) bond motifs is 1. The summed E-state index contributed by atoms with van der Waals surface area (Å²) in [5, 5.41) is 0. The first-order valence-corrected chi connectivity index (χ1v) is 7.73. The van der Waals surface area contributed by atoms with E-state index >= 15 is 0 Å². The molecule has 1 N–H and O–H groups in total. The molecule has 1 fully saturated rings. The lowest BCUT2D eigenvalue weighted by Crippen LogP contribution is -2.27. The van der Waals surface area contributed by atoms with Crippen molar-refractivity contribution in [3.05, 3.63) is 27.4 Å². The van der Waals surface area contributed by atoms with Crippen LogP contribution in [0.1, 0.15) is 29.9 Å². The van der Waals surface area contributed by atoms with Gasteiger partial charge in [-0.25, -0.2) is 4.98 Å². The molecule has 1 aromatic rings. The molecule has 0 radical (unpaired) electrons.